The second-order valence-electron chi connectivity index (χ2n) is 3.88. The number of allylic oxidation sites excluding steroid dienone is 1. The van der Waals surface area contributed by atoms with Crippen molar-refractivity contribution in [3.05, 3.63) is 47.0 Å². The van der Waals surface area contributed by atoms with Crippen molar-refractivity contribution < 1.29 is 4.79 Å². The van der Waals surface area contributed by atoms with Crippen LogP contribution in [0.15, 0.2) is 30.4 Å². The molecule has 0 aliphatic rings. The molecule has 0 spiro atoms. The summed E-state index contributed by atoms with van der Waals surface area (Å²) in [7, 11) is 0. The molecular weight excluding hydrogens is 172 g/mol. The summed E-state index contributed by atoms with van der Waals surface area (Å²) in [6, 6.07) is 5.90. The zero-order valence-electron chi connectivity index (χ0n) is 9.05. The van der Waals surface area contributed by atoms with Gasteiger partial charge in [0.05, 0.1) is 0 Å². The number of rotatable bonds is 3. The maximum atomic E-state index is 11.7. The molecule has 0 saturated carbocycles. The van der Waals surface area contributed by atoms with Gasteiger partial charge < -0.3 is 0 Å². The second kappa shape index (κ2) is 4.23. The highest BCUT2D eigenvalue weighted by Gasteiger charge is 2.08. The van der Waals surface area contributed by atoms with Crippen molar-refractivity contribution in [3.8, 4) is 0 Å². The molecule has 0 aromatic heterocycles. The molecule has 0 bridgehead atoms. The van der Waals surface area contributed by atoms with Gasteiger partial charge in [0.2, 0.25) is 0 Å². The van der Waals surface area contributed by atoms with E-state index in [4.69, 9.17) is 0 Å². The molecule has 0 heterocycles. The van der Waals surface area contributed by atoms with Gasteiger partial charge in [-0.05, 0) is 26.3 Å². The third kappa shape index (κ3) is 2.56. The molecule has 1 aromatic carbocycles. The number of carbonyl (C=O) groups is 1. The van der Waals surface area contributed by atoms with Gasteiger partial charge in [0.25, 0.3) is 0 Å². The molecule has 1 aromatic rings. The quantitative estimate of drug-likeness (QED) is 0.524. The largest absolute Gasteiger partial charge is 0.294 e. The van der Waals surface area contributed by atoms with Gasteiger partial charge in [0.1, 0.15) is 0 Å². The molecule has 14 heavy (non-hydrogen) atoms. The summed E-state index contributed by atoms with van der Waals surface area (Å²) in [5.74, 6) is 0.162. The molecule has 1 nitrogen and oxygen atoms in total. The first-order valence-corrected chi connectivity index (χ1v) is 4.75. The van der Waals surface area contributed by atoms with Crippen molar-refractivity contribution in [2.75, 3.05) is 0 Å². The predicted octanol–water partition coefficient (Wildman–Crippen LogP) is 3.45. The van der Waals surface area contributed by atoms with Crippen LogP contribution in [-0.4, -0.2) is 5.78 Å². The highest BCUT2D eigenvalue weighted by Crippen LogP contribution is 2.14. The summed E-state index contributed by atoms with van der Waals surface area (Å²) in [4.78, 5) is 11.7. The van der Waals surface area contributed by atoms with Gasteiger partial charge in [-0.25, -0.2) is 0 Å². The summed E-state index contributed by atoms with van der Waals surface area (Å²) >= 11 is 0. The lowest BCUT2D eigenvalue weighted by Crippen LogP contribution is -2.02. The third-order valence-electron chi connectivity index (χ3n) is 2.14. The third-order valence-corrected chi connectivity index (χ3v) is 2.14. The maximum absolute atomic E-state index is 11.7. The minimum Gasteiger partial charge on any atom is -0.294 e. The van der Waals surface area contributed by atoms with Crippen LogP contribution >= 0.6 is 0 Å². The van der Waals surface area contributed by atoms with Crippen LogP contribution in [-0.2, 0) is 0 Å². The van der Waals surface area contributed by atoms with Crippen LogP contribution in [0.1, 0.15) is 34.8 Å². The summed E-state index contributed by atoms with van der Waals surface area (Å²) < 4.78 is 0. The zero-order valence-corrected chi connectivity index (χ0v) is 9.05. The molecular formula is C13H16O. The smallest absolute Gasteiger partial charge is 0.167 e. The maximum Gasteiger partial charge on any atom is 0.167 e. The monoisotopic (exact) mass is 188 g/mol. The molecule has 1 heteroatoms. The summed E-state index contributed by atoms with van der Waals surface area (Å²) in [6.45, 7) is 9.62. The normalized spacial score (nSPS) is 9.93. The standard InChI is InChI=1S/C13H16O/c1-9(2)7-13(14)12-6-5-10(3)8-11(12)4/h5-6,8H,1,7H2,2-4H3. The Morgan fingerprint density at radius 3 is 2.50 bits per heavy atom. The van der Waals surface area contributed by atoms with Crippen LogP contribution in [0.5, 0.6) is 0 Å². The Labute approximate surface area is 85.5 Å². The summed E-state index contributed by atoms with van der Waals surface area (Å²) in [5.41, 5.74) is 3.97. The number of ketones is 1. The zero-order chi connectivity index (χ0) is 10.7. The summed E-state index contributed by atoms with van der Waals surface area (Å²) in [5, 5.41) is 0. The first kappa shape index (κ1) is 10.7. The number of aryl methyl sites for hydroxylation is 2. The van der Waals surface area contributed by atoms with Gasteiger partial charge in [-0.2, -0.15) is 0 Å². The Balaban J connectivity index is 2.96. The Morgan fingerprint density at radius 2 is 2.00 bits per heavy atom. The van der Waals surface area contributed by atoms with Gasteiger partial charge in [0.15, 0.2) is 5.78 Å². The van der Waals surface area contributed by atoms with Crippen molar-refractivity contribution in [2.24, 2.45) is 0 Å². The van der Waals surface area contributed by atoms with Gasteiger partial charge in [0, 0.05) is 12.0 Å². The van der Waals surface area contributed by atoms with Crippen LogP contribution < -0.4 is 0 Å². The van der Waals surface area contributed by atoms with Crippen molar-refractivity contribution in [2.45, 2.75) is 27.2 Å². The van der Waals surface area contributed by atoms with Gasteiger partial charge in [-0.15, -0.1) is 0 Å². The first-order chi connectivity index (χ1) is 6.50. The highest BCUT2D eigenvalue weighted by atomic mass is 16.1. The molecule has 0 atom stereocenters. The number of hydrogen-bond donors (Lipinski definition) is 0. The average Bonchev–Trinajstić information content (AvgIpc) is 2.01. The SMILES string of the molecule is C=C(C)CC(=O)c1ccc(C)cc1C. The summed E-state index contributed by atoms with van der Waals surface area (Å²) in [6.07, 6.45) is 0.448. The molecule has 0 aliphatic carbocycles. The van der Waals surface area contributed by atoms with Gasteiger partial charge in [-0.3, -0.25) is 4.79 Å². The van der Waals surface area contributed by atoms with Crippen molar-refractivity contribution in [1.82, 2.24) is 0 Å². The van der Waals surface area contributed by atoms with Crippen molar-refractivity contribution in [1.29, 1.82) is 0 Å². The van der Waals surface area contributed by atoms with Crippen LogP contribution in [0.25, 0.3) is 0 Å². The van der Waals surface area contributed by atoms with Crippen LogP contribution in [0.3, 0.4) is 0 Å². The fraction of sp³-hybridized carbons (Fsp3) is 0.308. The van der Waals surface area contributed by atoms with E-state index in [1.54, 1.807) is 0 Å². The minimum absolute atomic E-state index is 0.162. The first-order valence-electron chi connectivity index (χ1n) is 4.75. The van der Waals surface area contributed by atoms with E-state index in [1.807, 2.05) is 39.0 Å². The molecule has 0 saturated heterocycles. The number of benzene rings is 1. The number of Topliss-reactive ketones (excluding diaryl/α,β-unsaturated/α-hetero) is 1. The molecule has 0 unspecified atom stereocenters. The Kier molecular flexibility index (Phi) is 3.23. The van der Waals surface area contributed by atoms with E-state index in [0.717, 1.165) is 16.7 Å². The topological polar surface area (TPSA) is 17.1 Å². The van der Waals surface area contributed by atoms with Gasteiger partial charge >= 0.3 is 0 Å². The van der Waals surface area contributed by atoms with Crippen molar-refractivity contribution >= 4 is 5.78 Å². The minimum atomic E-state index is 0.162. The molecule has 0 amide bonds. The highest BCUT2D eigenvalue weighted by molar-refractivity contribution is 5.98. The van der Waals surface area contributed by atoms with E-state index in [9.17, 15) is 4.79 Å². The van der Waals surface area contributed by atoms with Gasteiger partial charge in [-0.1, -0.05) is 35.9 Å². The Bertz CT molecular complexity index is 375. The fourth-order valence-corrected chi connectivity index (χ4v) is 1.50. The Morgan fingerprint density at radius 1 is 1.36 bits per heavy atom. The number of hydrogen-bond acceptors (Lipinski definition) is 1. The molecule has 0 fully saturated rings. The van der Waals surface area contributed by atoms with Crippen LogP contribution in [0.4, 0.5) is 0 Å². The lowest BCUT2D eigenvalue weighted by molar-refractivity contribution is 0.0992. The molecule has 0 aliphatic heterocycles. The lowest BCUT2D eigenvalue weighted by atomic mass is 9.99. The van der Waals surface area contributed by atoms with Crippen LogP contribution in [0.2, 0.25) is 0 Å². The molecule has 74 valence electrons. The molecule has 0 N–H and O–H groups in total. The second-order valence-corrected chi connectivity index (χ2v) is 3.88. The van der Waals surface area contributed by atoms with E-state index in [0.29, 0.717) is 6.42 Å². The molecule has 1 rings (SSSR count). The van der Waals surface area contributed by atoms with E-state index >= 15 is 0 Å². The van der Waals surface area contributed by atoms with E-state index < -0.39 is 0 Å². The van der Waals surface area contributed by atoms with Crippen molar-refractivity contribution in [3.63, 3.8) is 0 Å². The van der Waals surface area contributed by atoms with E-state index in [2.05, 4.69) is 6.58 Å². The molecule has 0 radical (unpaired) electrons. The Hall–Kier alpha value is -1.37. The van der Waals surface area contributed by atoms with E-state index in [1.165, 1.54) is 5.56 Å². The van der Waals surface area contributed by atoms with E-state index in [-0.39, 0.29) is 5.78 Å². The lowest BCUT2D eigenvalue weighted by Gasteiger charge is -2.05. The number of carbonyl (C=O) groups excluding carboxylic acids is 1. The fourth-order valence-electron chi connectivity index (χ4n) is 1.50. The average molecular weight is 188 g/mol. The predicted molar refractivity (Wildman–Crippen MR) is 59.7 cm³/mol. The van der Waals surface area contributed by atoms with Crippen LogP contribution in [0, 0.1) is 13.8 Å².